The summed E-state index contributed by atoms with van der Waals surface area (Å²) in [5.74, 6) is -1.63. The number of hydrogen-bond donors (Lipinski definition) is 4. The van der Waals surface area contributed by atoms with Gasteiger partial charge in [-0.25, -0.2) is 36.6 Å². The average molecular weight is 871 g/mol. The minimum absolute atomic E-state index is 0.0307. The molecule has 0 aliphatic carbocycles. The molecule has 20 heteroatoms. The summed E-state index contributed by atoms with van der Waals surface area (Å²) in [6.07, 6.45) is 4.69. The molecule has 6 aromatic rings. The van der Waals surface area contributed by atoms with Crippen molar-refractivity contribution in [1.82, 2.24) is 30.5 Å². The van der Waals surface area contributed by atoms with E-state index in [9.17, 15) is 30.8 Å². The first kappa shape index (κ1) is 45.1. The predicted molar refractivity (Wildman–Crippen MR) is 219 cm³/mol. The molecule has 0 unspecified atom stereocenters. The molecular weight excluding hydrogens is 827 g/mol. The average Bonchev–Trinajstić information content (AvgIpc) is 3.84. The van der Waals surface area contributed by atoms with Crippen molar-refractivity contribution >= 4 is 53.3 Å². The lowest BCUT2D eigenvalue weighted by atomic mass is 10.0. The smallest absolute Gasteiger partial charge is 0.264 e. The van der Waals surface area contributed by atoms with Crippen molar-refractivity contribution < 1.29 is 55.1 Å². The van der Waals surface area contributed by atoms with E-state index in [0.717, 1.165) is 12.5 Å². The van der Waals surface area contributed by atoms with Gasteiger partial charge >= 0.3 is 0 Å². The van der Waals surface area contributed by atoms with Crippen molar-refractivity contribution in [3.63, 3.8) is 0 Å². The van der Waals surface area contributed by atoms with Crippen LogP contribution in [-0.4, -0.2) is 94.9 Å². The van der Waals surface area contributed by atoms with Gasteiger partial charge in [-0.3, -0.25) is 29.4 Å². The van der Waals surface area contributed by atoms with Gasteiger partial charge in [-0.2, -0.15) is 10.2 Å². The van der Waals surface area contributed by atoms with Gasteiger partial charge in [0.25, 0.3) is 11.8 Å². The van der Waals surface area contributed by atoms with Crippen molar-refractivity contribution in [2.24, 2.45) is 0 Å². The molecule has 2 amide bonds. The van der Waals surface area contributed by atoms with Gasteiger partial charge < -0.3 is 9.47 Å². The second kappa shape index (κ2) is 17.7. The van der Waals surface area contributed by atoms with Gasteiger partial charge in [0, 0.05) is 60.6 Å². The number of nitrogens with zero attached hydrogens (tertiary/aromatic N) is 4. The maximum atomic E-state index is 15.1. The molecule has 60 heavy (non-hydrogen) atoms. The fourth-order valence-corrected chi connectivity index (χ4v) is 7.94. The molecule has 0 saturated carbocycles. The number of nitrogens with one attached hydrogen (secondary N) is 2. The quantitative estimate of drug-likeness (QED) is 0.0830. The Labute approximate surface area is 344 Å². The number of hydrogen-bond acceptors (Lipinski definition) is 12. The molecule has 0 fully saturated rings. The normalized spacial score (nSPS) is 13.8. The third-order valence-electron chi connectivity index (χ3n) is 10.6. The monoisotopic (exact) mass is 870 g/mol. The van der Waals surface area contributed by atoms with Crippen LogP contribution in [0.1, 0.15) is 26.7 Å². The third-order valence-corrected chi connectivity index (χ3v) is 14.6. The van der Waals surface area contributed by atoms with E-state index in [4.69, 9.17) is 19.9 Å². The molecule has 2 heterocycles. The number of aryl methyl sites for hydroxylation is 2. The van der Waals surface area contributed by atoms with Gasteiger partial charge in [0.05, 0.1) is 30.6 Å². The maximum Gasteiger partial charge on any atom is 0.264 e. The molecule has 4 N–H and O–H groups in total. The molecule has 0 aliphatic rings. The van der Waals surface area contributed by atoms with E-state index >= 15 is 4.39 Å². The Balaban J connectivity index is 0.000000228. The molecule has 2 aromatic heterocycles. The molecule has 0 aliphatic heterocycles. The molecule has 0 spiro atoms. The van der Waals surface area contributed by atoms with Crippen LogP contribution < -0.4 is 20.4 Å². The van der Waals surface area contributed by atoms with Crippen LogP contribution in [0.5, 0.6) is 11.5 Å². The highest BCUT2D eigenvalue weighted by atomic mass is 32.2. The summed E-state index contributed by atoms with van der Waals surface area (Å²) >= 11 is 0. The minimum Gasteiger partial charge on any atom is -0.497 e. The zero-order chi connectivity index (χ0) is 44.2. The van der Waals surface area contributed by atoms with Gasteiger partial charge in [0.1, 0.15) is 23.1 Å². The molecule has 4 aromatic carbocycles. The van der Waals surface area contributed by atoms with Crippen LogP contribution in [0.3, 0.4) is 0 Å². The van der Waals surface area contributed by atoms with Crippen molar-refractivity contribution in [2.45, 2.75) is 49.3 Å². The molecule has 0 radical (unpaired) electrons. The van der Waals surface area contributed by atoms with Gasteiger partial charge in [-0.05, 0) is 80.3 Å². The summed E-state index contributed by atoms with van der Waals surface area (Å²) in [5, 5.41) is 27.3. The van der Waals surface area contributed by atoms with E-state index in [1.165, 1.54) is 46.4 Å². The number of halogens is 2. The third kappa shape index (κ3) is 9.25. The fraction of sp³-hybridized carbons (Fsp3) is 0.300. The molecule has 2 atom stereocenters. The predicted octanol–water partition coefficient (Wildman–Crippen LogP) is 5.10. The number of hydroxylamine groups is 2. The highest BCUT2D eigenvalue weighted by Gasteiger charge is 2.44. The number of ether oxygens (including phenoxy) is 2. The number of benzene rings is 4. The lowest BCUT2D eigenvalue weighted by Crippen LogP contribution is -2.49. The van der Waals surface area contributed by atoms with Crippen LogP contribution in [0, 0.1) is 11.6 Å². The largest absolute Gasteiger partial charge is 0.497 e. The topological polar surface area (TPSA) is 221 Å². The van der Waals surface area contributed by atoms with Gasteiger partial charge in [-0.1, -0.05) is 24.3 Å². The van der Waals surface area contributed by atoms with Crippen molar-refractivity contribution in [2.75, 3.05) is 26.7 Å². The molecule has 0 saturated heterocycles. The Morgan fingerprint density at radius 1 is 0.683 bits per heavy atom. The summed E-state index contributed by atoms with van der Waals surface area (Å²) in [6.45, 7) is 2.56. The lowest BCUT2D eigenvalue weighted by molar-refractivity contribution is -0.132. The first-order valence-electron chi connectivity index (χ1n) is 18.1. The van der Waals surface area contributed by atoms with Crippen LogP contribution >= 0.6 is 0 Å². The minimum atomic E-state index is -3.83. The van der Waals surface area contributed by atoms with E-state index in [2.05, 4.69) is 10.2 Å². The zero-order valence-electron chi connectivity index (χ0n) is 33.4. The van der Waals surface area contributed by atoms with Crippen molar-refractivity contribution in [1.29, 1.82) is 0 Å². The Bertz CT molecular complexity index is 2710. The fourth-order valence-electron chi connectivity index (χ4n) is 6.25. The van der Waals surface area contributed by atoms with E-state index < -0.39 is 52.6 Å². The Morgan fingerprint density at radius 2 is 1.13 bits per heavy atom. The molecular formula is C40H44F2N6O10S2. The Hall–Kier alpha value is -5.96. The van der Waals surface area contributed by atoms with Crippen LogP contribution in [-0.2, 0) is 42.4 Å². The summed E-state index contributed by atoms with van der Waals surface area (Å²) in [7, 11) is -4.54. The van der Waals surface area contributed by atoms with Gasteiger partial charge in [-0.15, -0.1) is 0 Å². The maximum absolute atomic E-state index is 15.1. The Kier molecular flexibility index (Phi) is 13.3. The number of carbonyl (C=O) groups excluding carboxylic acids is 2. The number of rotatable bonds is 14. The number of fused-ring (bicyclic) bond motifs is 2. The molecule has 320 valence electrons. The van der Waals surface area contributed by atoms with E-state index in [1.54, 1.807) is 87.1 Å². The van der Waals surface area contributed by atoms with Crippen LogP contribution in [0.15, 0.2) is 85.2 Å². The lowest BCUT2D eigenvalue weighted by Gasteiger charge is -2.24. The summed E-state index contributed by atoms with van der Waals surface area (Å²) in [6, 6.07) is 20.2. The molecule has 6 rings (SSSR count). The number of aromatic nitrogens is 4. The number of amides is 2. The van der Waals surface area contributed by atoms with E-state index in [0.29, 0.717) is 50.2 Å². The van der Waals surface area contributed by atoms with E-state index in [1.807, 2.05) is 0 Å². The standard InChI is InChI=1S/2C20H22FN3O5S/c1-20(19(25)23-26,30(3,27)28)8-9-24-12-14-10-16(17(21)11-18(14)22-24)13-4-6-15(29-2)7-5-13;1-20(19(25)23-26,30(3,27)28)10-11-24-12-16-17(22-24)9-8-15(18(16)21)13-4-6-14(29-2)7-5-13/h4-7,10-12,26H,8-9H2,1-3H3,(H,23,25);4-9,12,26H,10-11H2,1-3H3,(H,23,25)/t2*20-/m11/s1. The second-order valence-corrected chi connectivity index (χ2v) is 19.3. The summed E-state index contributed by atoms with van der Waals surface area (Å²) in [4.78, 5) is 23.9. The van der Waals surface area contributed by atoms with Crippen LogP contribution in [0.4, 0.5) is 8.78 Å². The van der Waals surface area contributed by atoms with Crippen molar-refractivity contribution in [3.05, 3.63) is 96.8 Å². The first-order chi connectivity index (χ1) is 28.2. The van der Waals surface area contributed by atoms with Crippen molar-refractivity contribution in [3.8, 4) is 33.8 Å². The van der Waals surface area contributed by atoms with Gasteiger partial charge in [0.2, 0.25) is 0 Å². The number of sulfone groups is 2. The first-order valence-corrected chi connectivity index (χ1v) is 21.9. The summed E-state index contributed by atoms with van der Waals surface area (Å²) in [5.41, 5.74) is 5.75. The SMILES string of the molecule is COc1ccc(-c2cc3cn(CC[C@](C)(C(=O)NO)S(C)(=O)=O)nc3cc2F)cc1.COc1ccc(-c2ccc3nn(CC[C@](C)(C(=O)NO)S(C)(=O)=O)cc3c2F)cc1. The highest BCUT2D eigenvalue weighted by molar-refractivity contribution is 7.93. The molecule has 0 bridgehead atoms. The molecule has 16 nitrogen and oxygen atoms in total. The van der Waals surface area contributed by atoms with E-state index in [-0.39, 0.29) is 31.3 Å². The summed E-state index contributed by atoms with van der Waals surface area (Å²) < 4.78 is 87.5. The van der Waals surface area contributed by atoms with Crippen LogP contribution in [0.2, 0.25) is 0 Å². The number of methoxy groups -OCH3 is 2. The number of carbonyl (C=O) groups is 2. The van der Waals surface area contributed by atoms with Gasteiger partial charge in [0.15, 0.2) is 29.2 Å². The highest BCUT2D eigenvalue weighted by Crippen LogP contribution is 2.32. The Morgan fingerprint density at radius 3 is 1.58 bits per heavy atom. The van der Waals surface area contributed by atoms with Crippen LogP contribution in [0.25, 0.3) is 44.1 Å². The zero-order valence-corrected chi connectivity index (χ0v) is 35.1. The second-order valence-electron chi connectivity index (χ2n) is 14.4.